The summed E-state index contributed by atoms with van der Waals surface area (Å²) in [5.41, 5.74) is 1.32. The number of hydrogen-bond donors (Lipinski definition) is 0. The minimum Gasteiger partial charge on any atom is -0.204 e. The van der Waals surface area contributed by atoms with E-state index in [4.69, 9.17) is 0 Å². The fourth-order valence-corrected chi connectivity index (χ4v) is 7.86. The standard InChI is InChI=1S/C31H42F2/c1-2-3-4-5-21-6-7-27-19-25(13-12-24(27)18-21)22-8-10-23(11-9-22)26-14-16-29-28(20-26)15-17-30(32)31(29)33/h14-17,20-25,27H,2-13,18-19H2,1H3. The van der Waals surface area contributed by atoms with Gasteiger partial charge in [0.15, 0.2) is 11.6 Å². The van der Waals surface area contributed by atoms with E-state index < -0.39 is 11.6 Å². The molecule has 0 nitrogen and oxygen atoms in total. The highest BCUT2D eigenvalue weighted by molar-refractivity contribution is 5.84. The zero-order chi connectivity index (χ0) is 22.8. The fraction of sp³-hybridized carbons (Fsp3) is 0.677. The van der Waals surface area contributed by atoms with Crippen LogP contribution in [0.2, 0.25) is 0 Å². The van der Waals surface area contributed by atoms with E-state index in [0.717, 1.165) is 35.0 Å². The molecule has 0 spiro atoms. The molecule has 2 aromatic carbocycles. The lowest BCUT2D eigenvalue weighted by Crippen LogP contribution is -2.34. The highest BCUT2D eigenvalue weighted by atomic mass is 19.2. The summed E-state index contributed by atoms with van der Waals surface area (Å²) in [5, 5.41) is 1.24. The molecule has 33 heavy (non-hydrogen) atoms. The van der Waals surface area contributed by atoms with Crippen molar-refractivity contribution in [3.8, 4) is 0 Å². The quantitative estimate of drug-likeness (QED) is 0.383. The van der Waals surface area contributed by atoms with E-state index in [-0.39, 0.29) is 0 Å². The van der Waals surface area contributed by atoms with Crippen molar-refractivity contribution in [1.29, 1.82) is 0 Å². The Bertz CT molecular complexity index is 926. The third-order valence-corrected chi connectivity index (χ3v) is 9.82. The van der Waals surface area contributed by atoms with E-state index in [9.17, 15) is 8.78 Å². The van der Waals surface area contributed by atoms with Gasteiger partial charge < -0.3 is 0 Å². The van der Waals surface area contributed by atoms with Gasteiger partial charge in [0.2, 0.25) is 0 Å². The summed E-state index contributed by atoms with van der Waals surface area (Å²) in [5.74, 6) is 4.05. The first-order chi connectivity index (χ1) is 16.1. The van der Waals surface area contributed by atoms with Crippen LogP contribution in [0.1, 0.15) is 108 Å². The van der Waals surface area contributed by atoms with Crippen LogP contribution < -0.4 is 0 Å². The van der Waals surface area contributed by atoms with Crippen molar-refractivity contribution in [2.75, 3.05) is 0 Å². The average molecular weight is 453 g/mol. The zero-order valence-corrected chi connectivity index (χ0v) is 20.5. The summed E-state index contributed by atoms with van der Waals surface area (Å²) in [7, 11) is 0. The van der Waals surface area contributed by atoms with Crippen LogP contribution >= 0.6 is 0 Å². The van der Waals surface area contributed by atoms with Crippen LogP contribution in [0.25, 0.3) is 10.8 Å². The van der Waals surface area contributed by atoms with Crippen LogP contribution in [0.15, 0.2) is 30.3 Å². The Hall–Kier alpha value is -1.44. The van der Waals surface area contributed by atoms with Crippen molar-refractivity contribution in [2.24, 2.45) is 29.6 Å². The molecular weight excluding hydrogens is 410 g/mol. The molecule has 3 aliphatic rings. The minimum absolute atomic E-state index is 0.407. The van der Waals surface area contributed by atoms with Gasteiger partial charge in [-0.25, -0.2) is 8.78 Å². The topological polar surface area (TPSA) is 0 Å². The molecule has 0 radical (unpaired) electrons. The maximum absolute atomic E-state index is 14.1. The smallest absolute Gasteiger partial charge is 0.166 e. The lowest BCUT2D eigenvalue weighted by molar-refractivity contribution is 0.0614. The Morgan fingerprint density at radius 3 is 2.21 bits per heavy atom. The number of benzene rings is 2. The third kappa shape index (κ3) is 5.15. The molecule has 3 aliphatic carbocycles. The second-order valence-electron chi connectivity index (χ2n) is 11.7. The third-order valence-electron chi connectivity index (χ3n) is 9.82. The van der Waals surface area contributed by atoms with E-state index in [0.29, 0.717) is 11.3 Å². The van der Waals surface area contributed by atoms with E-state index in [1.807, 2.05) is 6.07 Å². The summed E-state index contributed by atoms with van der Waals surface area (Å²) in [6, 6.07) is 8.91. The van der Waals surface area contributed by atoms with E-state index >= 15 is 0 Å². The molecular formula is C31H42F2. The summed E-state index contributed by atoms with van der Waals surface area (Å²) >= 11 is 0. The Kier molecular flexibility index (Phi) is 7.38. The Morgan fingerprint density at radius 1 is 0.727 bits per heavy atom. The van der Waals surface area contributed by atoms with E-state index in [2.05, 4.69) is 13.0 Å². The molecule has 4 atom stereocenters. The monoisotopic (exact) mass is 452 g/mol. The molecule has 0 N–H and O–H groups in total. The molecule has 3 fully saturated rings. The Balaban J connectivity index is 1.13. The molecule has 0 aromatic heterocycles. The maximum Gasteiger partial charge on any atom is 0.166 e. The number of hydrogen-bond acceptors (Lipinski definition) is 0. The van der Waals surface area contributed by atoms with Gasteiger partial charge in [0.25, 0.3) is 0 Å². The van der Waals surface area contributed by atoms with Crippen LogP contribution in [0.4, 0.5) is 8.78 Å². The summed E-state index contributed by atoms with van der Waals surface area (Å²) < 4.78 is 27.6. The first-order valence-electron chi connectivity index (χ1n) is 14.0. The van der Waals surface area contributed by atoms with E-state index in [1.165, 1.54) is 102 Å². The fourth-order valence-electron chi connectivity index (χ4n) is 7.86. The predicted octanol–water partition coefficient (Wildman–Crippen LogP) is 9.80. The molecule has 0 bridgehead atoms. The number of fused-ring (bicyclic) bond motifs is 2. The number of halogens is 2. The van der Waals surface area contributed by atoms with Gasteiger partial charge in [0.05, 0.1) is 0 Å². The van der Waals surface area contributed by atoms with Gasteiger partial charge in [0.1, 0.15) is 0 Å². The van der Waals surface area contributed by atoms with Crippen LogP contribution in [0, 0.1) is 41.2 Å². The van der Waals surface area contributed by atoms with Gasteiger partial charge in [-0.05, 0) is 110 Å². The van der Waals surface area contributed by atoms with Crippen molar-refractivity contribution in [3.63, 3.8) is 0 Å². The molecule has 3 saturated carbocycles. The first-order valence-corrected chi connectivity index (χ1v) is 14.0. The first kappa shape index (κ1) is 23.3. The van der Waals surface area contributed by atoms with E-state index in [1.54, 1.807) is 12.1 Å². The van der Waals surface area contributed by atoms with Crippen molar-refractivity contribution in [3.05, 3.63) is 47.5 Å². The summed E-state index contributed by atoms with van der Waals surface area (Å²) in [4.78, 5) is 0. The molecule has 2 aromatic rings. The lowest BCUT2D eigenvalue weighted by atomic mass is 9.60. The normalized spacial score (nSPS) is 32.6. The van der Waals surface area contributed by atoms with Crippen LogP contribution in [-0.4, -0.2) is 0 Å². The highest BCUT2D eigenvalue weighted by Crippen LogP contribution is 2.50. The van der Waals surface area contributed by atoms with Crippen LogP contribution in [0.5, 0.6) is 0 Å². The molecule has 0 amide bonds. The minimum atomic E-state index is -0.754. The highest BCUT2D eigenvalue weighted by Gasteiger charge is 2.38. The molecule has 0 aliphatic heterocycles. The van der Waals surface area contributed by atoms with Crippen LogP contribution in [0.3, 0.4) is 0 Å². The lowest BCUT2D eigenvalue weighted by Gasteiger charge is -2.45. The second-order valence-corrected chi connectivity index (χ2v) is 11.7. The molecule has 0 heterocycles. The van der Waals surface area contributed by atoms with Crippen molar-refractivity contribution < 1.29 is 8.78 Å². The van der Waals surface area contributed by atoms with Crippen molar-refractivity contribution in [1.82, 2.24) is 0 Å². The van der Waals surface area contributed by atoms with Gasteiger partial charge in [-0.2, -0.15) is 0 Å². The number of rotatable bonds is 6. The van der Waals surface area contributed by atoms with Gasteiger partial charge in [-0.3, -0.25) is 0 Å². The molecule has 4 unspecified atom stereocenters. The van der Waals surface area contributed by atoms with Gasteiger partial charge >= 0.3 is 0 Å². The summed E-state index contributed by atoms with van der Waals surface area (Å²) in [6.45, 7) is 2.32. The predicted molar refractivity (Wildman–Crippen MR) is 134 cm³/mol. The maximum atomic E-state index is 14.1. The van der Waals surface area contributed by atoms with Gasteiger partial charge in [-0.1, -0.05) is 63.3 Å². The zero-order valence-electron chi connectivity index (χ0n) is 20.5. The SMILES string of the molecule is CCCCCC1CCC2CC(C3CCC(c4ccc5c(F)c(F)ccc5c4)CC3)CCC2C1. The van der Waals surface area contributed by atoms with Crippen molar-refractivity contribution >= 4 is 10.8 Å². The number of unbranched alkanes of at least 4 members (excludes halogenated alkanes) is 2. The second kappa shape index (κ2) is 10.4. The largest absolute Gasteiger partial charge is 0.204 e. The Labute approximate surface area is 199 Å². The van der Waals surface area contributed by atoms with Crippen LogP contribution in [-0.2, 0) is 0 Å². The van der Waals surface area contributed by atoms with Gasteiger partial charge in [0, 0.05) is 5.39 Å². The molecule has 180 valence electrons. The Morgan fingerprint density at radius 2 is 1.42 bits per heavy atom. The molecule has 5 rings (SSSR count). The molecule has 0 saturated heterocycles. The molecule has 2 heteroatoms. The average Bonchev–Trinajstić information content (AvgIpc) is 2.86. The summed E-state index contributed by atoms with van der Waals surface area (Å²) in [6.07, 6.45) is 19.9. The van der Waals surface area contributed by atoms with Gasteiger partial charge in [-0.15, -0.1) is 0 Å². The van der Waals surface area contributed by atoms with Crippen molar-refractivity contribution in [2.45, 2.75) is 103 Å².